The molecule has 1 aromatic carbocycles. The van der Waals surface area contributed by atoms with Gasteiger partial charge in [0.2, 0.25) is 0 Å². The van der Waals surface area contributed by atoms with Gasteiger partial charge in [-0.05, 0) is 86.3 Å². The Morgan fingerprint density at radius 1 is 0.811 bits per heavy atom. The van der Waals surface area contributed by atoms with Crippen molar-refractivity contribution in [1.29, 1.82) is 0 Å². The van der Waals surface area contributed by atoms with Gasteiger partial charge in [-0.25, -0.2) is 14.4 Å². The monoisotopic (exact) mass is 518 g/mol. The van der Waals surface area contributed by atoms with Crippen LogP contribution in [-0.4, -0.2) is 69.7 Å². The van der Waals surface area contributed by atoms with Gasteiger partial charge in [0.1, 0.15) is 22.9 Å². The number of rotatable bonds is 1. The number of benzene rings is 1. The van der Waals surface area contributed by atoms with Crippen molar-refractivity contribution < 1.29 is 33.3 Å². The highest BCUT2D eigenvalue weighted by Gasteiger charge is 2.55. The summed E-state index contributed by atoms with van der Waals surface area (Å²) >= 11 is 0. The molecule has 0 radical (unpaired) electrons. The molecule has 206 valence electrons. The zero-order chi connectivity index (χ0) is 27.8. The summed E-state index contributed by atoms with van der Waals surface area (Å²) in [6, 6.07) is 7.90. The molecular weight excluding hydrogens is 476 g/mol. The first-order valence-corrected chi connectivity index (χ1v) is 12.8. The number of hydrogen-bond donors (Lipinski definition) is 0. The summed E-state index contributed by atoms with van der Waals surface area (Å²) in [4.78, 5) is 42.7. The first-order valence-electron chi connectivity index (χ1n) is 12.8. The molecule has 0 bridgehead atoms. The van der Waals surface area contributed by atoms with Crippen LogP contribution in [0.2, 0.25) is 0 Å². The molecule has 0 unspecified atom stereocenters. The number of nitrogens with zero attached hydrogens (tertiary/aromatic N) is 2. The van der Waals surface area contributed by atoms with Crippen LogP contribution in [0.4, 0.5) is 14.4 Å². The van der Waals surface area contributed by atoms with Crippen LogP contribution in [0.1, 0.15) is 79.9 Å². The van der Waals surface area contributed by atoms with Crippen LogP contribution in [0, 0.1) is 0 Å². The Kier molecular flexibility index (Phi) is 7.78. The minimum absolute atomic E-state index is 0.0512. The van der Waals surface area contributed by atoms with Gasteiger partial charge < -0.3 is 23.8 Å². The third-order valence-corrected chi connectivity index (χ3v) is 6.17. The second kappa shape index (κ2) is 10.1. The number of likely N-dealkylation sites (tertiary alicyclic amines) is 1. The number of piperidine rings is 1. The van der Waals surface area contributed by atoms with Gasteiger partial charge >= 0.3 is 18.3 Å². The van der Waals surface area contributed by atoms with Gasteiger partial charge in [-0.1, -0.05) is 24.3 Å². The molecule has 3 rings (SSSR count). The molecule has 1 aromatic rings. The van der Waals surface area contributed by atoms with Crippen LogP contribution < -0.4 is 0 Å². The van der Waals surface area contributed by atoms with E-state index in [2.05, 4.69) is 0 Å². The molecule has 9 nitrogen and oxygen atoms in total. The van der Waals surface area contributed by atoms with Crippen LogP contribution in [0.3, 0.4) is 0 Å². The second-order valence-electron chi connectivity index (χ2n) is 12.9. The Morgan fingerprint density at radius 3 is 1.92 bits per heavy atom. The van der Waals surface area contributed by atoms with E-state index in [-0.39, 0.29) is 6.54 Å². The van der Waals surface area contributed by atoms with Gasteiger partial charge in [-0.2, -0.15) is 0 Å². The molecule has 2 heterocycles. The summed E-state index contributed by atoms with van der Waals surface area (Å²) in [5, 5.41) is 0. The lowest BCUT2D eigenvalue weighted by molar-refractivity contribution is -0.116. The average molecular weight is 519 g/mol. The van der Waals surface area contributed by atoms with Crippen LogP contribution in [0.15, 0.2) is 24.3 Å². The van der Waals surface area contributed by atoms with Crippen molar-refractivity contribution >= 4 is 18.3 Å². The van der Waals surface area contributed by atoms with E-state index in [1.54, 1.807) is 46.4 Å². The van der Waals surface area contributed by atoms with Gasteiger partial charge in [0.25, 0.3) is 0 Å². The Morgan fingerprint density at radius 2 is 1.35 bits per heavy atom. The minimum atomic E-state index is -0.938. The zero-order valence-corrected chi connectivity index (χ0v) is 23.7. The van der Waals surface area contributed by atoms with Crippen LogP contribution in [-0.2, 0) is 31.9 Å². The van der Waals surface area contributed by atoms with E-state index in [9.17, 15) is 14.4 Å². The fraction of sp³-hybridized carbons (Fsp3) is 0.679. The zero-order valence-electron chi connectivity index (χ0n) is 23.7. The van der Waals surface area contributed by atoms with Crippen molar-refractivity contribution in [3.8, 4) is 0 Å². The molecule has 2 amide bonds. The van der Waals surface area contributed by atoms with Crippen molar-refractivity contribution in [2.75, 3.05) is 13.1 Å². The number of carbonyl (C=O) groups excluding carboxylic acids is 3. The van der Waals surface area contributed by atoms with Crippen molar-refractivity contribution in [1.82, 2.24) is 9.80 Å². The Labute approximate surface area is 220 Å². The van der Waals surface area contributed by atoms with E-state index < -0.39 is 46.8 Å². The summed E-state index contributed by atoms with van der Waals surface area (Å²) in [7, 11) is 0. The van der Waals surface area contributed by atoms with Gasteiger partial charge in [0.05, 0.1) is 18.6 Å². The number of fused-ring (bicyclic) bond motifs is 1. The molecule has 9 heteroatoms. The molecule has 2 aliphatic heterocycles. The first-order chi connectivity index (χ1) is 16.9. The number of amides is 2. The average Bonchev–Trinajstić information content (AvgIpc) is 2.71. The summed E-state index contributed by atoms with van der Waals surface area (Å²) in [5.41, 5.74) is -1.04. The highest BCUT2D eigenvalue weighted by molar-refractivity contribution is 5.72. The molecule has 1 spiro atoms. The summed E-state index contributed by atoms with van der Waals surface area (Å²) in [6.07, 6.45) is -1.91. The van der Waals surface area contributed by atoms with Crippen molar-refractivity contribution in [2.24, 2.45) is 0 Å². The van der Waals surface area contributed by atoms with Crippen molar-refractivity contribution in [2.45, 2.75) is 110 Å². The lowest BCUT2D eigenvalue weighted by Crippen LogP contribution is -2.69. The maximum absolute atomic E-state index is 13.6. The maximum atomic E-state index is 13.6. The molecule has 0 aliphatic carbocycles. The standard InChI is InChI=1S/C28H42N2O7/c1-25(2,3)35-22(31)29-15-14-28(21(18-29)34-24(33)37-27(7,8)9)16-19-12-10-11-13-20(19)17-30(28)23(32)36-26(4,5)6/h10-13,21H,14-18H2,1-9H3/t21-,28+/m1/s1. The van der Waals surface area contributed by atoms with Gasteiger partial charge in [-0.3, -0.25) is 4.90 Å². The van der Waals surface area contributed by atoms with Crippen LogP contribution >= 0.6 is 0 Å². The number of hydrogen-bond acceptors (Lipinski definition) is 7. The number of carbonyl (C=O) groups is 3. The van der Waals surface area contributed by atoms with E-state index in [0.29, 0.717) is 25.9 Å². The Balaban J connectivity index is 2.03. The molecule has 1 saturated heterocycles. The van der Waals surface area contributed by atoms with Gasteiger partial charge in [-0.15, -0.1) is 0 Å². The van der Waals surface area contributed by atoms with Gasteiger partial charge in [0, 0.05) is 6.54 Å². The lowest BCUT2D eigenvalue weighted by Gasteiger charge is -2.54. The third kappa shape index (κ3) is 7.29. The smallest absolute Gasteiger partial charge is 0.444 e. The number of ether oxygens (including phenoxy) is 4. The molecule has 37 heavy (non-hydrogen) atoms. The fourth-order valence-corrected chi connectivity index (χ4v) is 4.69. The van der Waals surface area contributed by atoms with Crippen LogP contribution in [0.5, 0.6) is 0 Å². The minimum Gasteiger partial charge on any atom is -0.444 e. The van der Waals surface area contributed by atoms with E-state index in [1.165, 1.54) is 4.90 Å². The lowest BCUT2D eigenvalue weighted by atomic mass is 9.74. The van der Waals surface area contributed by atoms with E-state index in [1.807, 2.05) is 45.0 Å². The summed E-state index contributed by atoms with van der Waals surface area (Å²) in [6.45, 7) is 16.8. The van der Waals surface area contributed by atoms with Crippen molar-refractivity contribution in [3.05, 3.63) is 35.4 Å². The molecule has 0 saturated carbocycles. The van der Waals surface area contributed by atoms with E-state index in [0.717, 1.165) is 11.1 Å². The Bertz CT molecular complexity index is 1020. The van der Waals surface area contributed by atoms with Gasteiger partial charge in [0.15, 0.2) is 0 Å². The molecule has 0 N–H and O–H groups in total. The molecule has 2 aliphatic rings. The van der Waals surface area contributed by atoms with Crippen LogP contribution in [0.25, 0.3) is 0 Å². The highest BCUT2D eigenvalue weighted by atomic mass is 16.7. The SMILES string of the molecule is CC(C)(C)OC(=O)O[C@@H]1CN(C(=O)OC(C)(C)C)CC[C@]12Cc1ccccc1CN2C(=O)OC(C)(C)C. The predicted molar refractivity (Wildman–Crippen MR) is 138 cm³/mol. The normalized spacial score (nSPS) is 22.2. The molecule has 2 atom stereocenters. The summed E-state index contributed by atoms with van der Waals surface area (Å²) < 4.78 is 22.8. The fourth-order valence-electron chi connectivity index (χ4n) is 4.69. The first kappa shape index (κ1) is 28.6. The van der Waals surface area contributed by atoms with E-state index in [4.69, 9.17) is 18.9 Å². The largest absolute Gasteiger partial charge is 0.509 e. The van der Waals surface area contributed by atoms with E-state index >= 15 is 0 Å². The molecule has 0 aromatic heterocycles. The third-order valence-electron chi connectivity index (χ3n) is 6.17. The molecular formula is C28H42N2O7. The van der Waals surface area contributed by atoms with Crippen molar-refractivity contribution in [3.63, 3.8) is 0 Å². The molecule has 1 fully saturated rings. The second-order valence-corrected chi connectivity index (χ2v) is 12.9. The highest BCUT2D eigenvalue weighted by Crippen LogP contribution is 2.41. The topological polar surface area (TPSA) is 94.6 Å². The summed E-state index contributed by atoms with van der Waals surface area (Å²) in [5.74, 6) is 0. The quantitative estimate of drug-likeness (QED) is 0.349. The maximum Gasteiger partial charge on any atom is 0.509 e. The Hall–Kier alpha value is -2.97. The predicted octanol–water partition coefficient (Wildman–Crippen LogP) is 5.68.